The van der Waals surface area contributed by atoms with Gasteiger partial charge in [-0.1, -0.05) is 29.8 Å². The molecule has 1 aromatic carbocycles. The highest BCUT2D eigenvalue weighted by atomic mass is 16.2. The van der Waals surface area contributed by atoms with Crippen molar-refractivity contribution in [1.82, 2.24) is 19.3 Å². The first-order valence-electron chi connectivity index (χ1n) is 6.49. The Morgan fingerprint density at radius 3 is 2.29 bits per heavy atom. The van der Waals surface area contributed by atoms with Crippen LogP contribution in [0.4, 0.5) is 0 Å². The van der Waals surface area contributed by atoms with Crippen LogP contribution in [-0.4, -0.2) is 19.3 Å². The van der Waals surface area contributed by atoms with Crippen LogP contribution < -0.4 is 11.2 Å². The van der Waals surface area contributed by atoms with Gasteiger partial charge in [-0.15, -0.1) is 10.2 Å². The van der Waals surface area contributed by atoms with Gasteiger partial charge < -0.3 is 0 Å². The summed E-state index contributed by atoms with van der Waals surface area (Å²) in [5, 5.41) is 8.54. The molecule has 0 aliphatic carbocycles. The molecule has 0 unspecified atom stereocenters. The molecule has 6 heteroatoms. The molecule has 0 radical (unpaired) electrons. The molecule has 0 bridgehead atoms. The first kappa shape index (κ1) is 13.2. The van der Waals surface area contributed by atoms with E-state index in [0.717, 1.165) is 15.7 Å². The SMILES string of the molecule is Cc1ccc(-c2cc3c(=O)n(C)c(=O)n(C)c3nn2)cc1. The summed E-state index contributed by atoms with van der Waals surface area (Å²) in [6, 6.07) is 9.48. The minimum atomic E-state index is -0.412. The molecule has 3 rings (SSSR count). The monoisotopic (exact) mass is 282 g/mol. The molecule has 0 amide bonds. The van der Waals surface area contributed by atoms with Gasteiger partial charge in [0, 0.05) is 19.7 Å². The van der Waals surface area contributed by atoms with Crippen molar-refractivity contribution in [2.24, 2.45) is 14.1 Å². The normalized spacial score (nSPS) is 11.0. The number of rotatable bonds is 1. The standard InChI is InChI=1S/C15H14N4O2/c1-9-4-6-10(7-5-9)12-8-11-13(17-16-12)18(2)15(21)19(3)14(11)20/h4-8H,1-3H3. The van der Waals surface area contributed by atoms with Gasteiger partial charge in [0.1, 0.15) is 0 Å². The molecule has 2 heterocycles. The predicted molar refractivity (Wildman–Crippen MR) is 80.2 cm³/mol. The maximum atomic E-state index is 12.2. The average Bonchev–Trinajstić information content (AvgIpc) is 2.51. The highest BCUT2D eigenvalue weighted by molar-refractivity contribution is 5.78. The van der Waals surface area contributed by atoms with E-state index in [1.807, 2.05) is 31.2 Å². The van der Waals surface area contributed by atoms with Crippen LogP contribution in [0.2, 0.25) is 0 Å². The minimum absolute atomic E-state index is 0.291. The lowest BCUT2D eigenvalue weighted by atomic mass is 10.1. The summed E-state index contributed by atoms with van der Waals surface area (Å²) in [4.78, 5) is 24.1. The Balaban J connectivity index is 2.33. The van der Waals surface area contributed by atoms with Crippen LogP contribution in [0, 0.1) is 6.92 Å². The van der Waals surface area contributed by atoms with E-state index in [4.69, 9.17) is 0 Å². The van der Waals surface area contributed by atoms with E-state index in [-0.39, 0.29) is 5.56 Å². The van der Waals surface area contributed by atoms with Crippen molar-refractivity contribution in [2.45, 2.75) is 6.92 Å². The van der Waals surface area contributed by atoms with Crippen LogP contribution >= 0.6 is 0 Å². The van der Waals surface area contributed by atoms with Crippen molar-refractivity contribution in [1.29, 1.82) is 0 Å². The molecule has 0 saturated heterocycles. The lowest BCUT2D eigenvalue weighted by molar-refractivity contribution is 0.703. The fourth-order valence-corrected chi connectivity index (χ4v) is 2.24. The van der Waals surface area contributed by atoms with Crippen LogP contribution in [0.5, 0.6) is 0 Å². The molecule has 3 aromatic rings. The second kappa shape index (κ2) is 4.66. The summed E-state index contributed by atoms with van der Waals surface area (Å²) in [6.45, 7) is 2.00. The molecule has 21 heavy (non-hydrogen) atoms. The van der Waals surface area contributed by atoms with Gasteiger partial charge in [0.2, 0.25) is 0 Å². The van der Waals surface area contributed by atoms with Gasteiger partial charge in [0.15, 0.2) is 5.65 Å². The number of hydrogen-bond acceptors (Lipinski definition) is 4. The Kier molecular flexibility index (Phi) is 2.94. The Labute approximate surface area is 120 Å². The van der Waals surface area contributed by atoms with Gasteiger partial charge in [-0.3, -0.25) is 13.9 Å². The smallest absolute Gasteiger partial charge is 0.279 e. The quantitative estimate of drug-likeness (QED) is 0.667. The van der Waals surface area contributed by atoms with Gasteiger partial charge in [0.05, 0.1) is 11.1 Å². The number of fused-ring (bicyclic) bond motifs is 1. The largest absolute Gasteiger partial charge is 0.332 e. The Hall–Kier alpha value is -2.76. The Morgan fingerprint density at radius 1 is 0.952 bits per heavy atom. The molecule has 6 nitrogen and oxygen atoms in total. The molecule has 0 spiro atoms. The topological polar surface area (TPSA) is 69.8 Å². The van der Waals surface area contributed by atoms with Gasteiger partial charge in [0.25, 0.3) is 5.56 Å². The van der Waals surface area contributed by atoms with Crippen molar-refractivity contribution in [2.75, 3.05) is 0 Å². The van der Waals surface area contributed by atoms with Crippen LogP contribution in [0.15, 0.2) is 39.9 Å². The van der Waals surface area contributed by atoms with Crippen LogP contribution in [0.25, 0.3) is 22.3 Å². The van der Waals surface area contributed by atoms with E-state index in [1.54, 1.807) is 13.1 Å². The lowest BCUT2D eigenvalue weighted by Crippen LogP contribution is -2.37. The molecule has 0 N–H and O–H groups in total. The third kappa shape index (κ3) is 2.05. The zero-order valence-electron chi connectivity index (χ0n) is 12.0. The highest BCUT2D eigenvalue weighted by Gasteiger charge is 2.11. The zero-order chi connectivity index (χ0) is 15.1. The fourth-order valence-electron chi connectivity index (χ4n) is 2.24. The van der Waals surface area contributed by atoms with E-state index >= 15 is 0 Å². The summed E-state index contributed by atoms with van der Waals surface area (Å²) in [7, 11) is 3.03. The van der Waals surface area contributed by atoms with Crippen molar-refractivity contribution >= 4 is 11.0 Å². The molecule has 0 aliphatic rings. The number of aromatic nitrogens is 4. The molecule has 0 saturated carbocycles. The van der Waals surface area contributed by atoms with E-state index in [1.165, 1.54) is 11.6 Å². The van der Waals surface area contributed by atoms with Crippen LogP contribution in [-0.2, 0) is 14.1 Å². The molecule has 106 valence electrons. The van der Waals surface area contributed by atoms with E-state index < -0.39 is 5.69 Å². The number of benzene rings is 1. The Morgan fingerprint density at radius 2 is 1.62 bits per heavy atom. The van der Waals surface area contributed by atoms with Crippen molar-refractivity contribution in [3.8, 4) is 11.3 Å². The maximum absolute atomic E-state index is 12.2. The molecule has 2 aromatic heterocycles. The third-order valence-corrected chi connectivity index (χ3v) is 3.55. The van der Waals surface area contributed by atoms with Crippen LogP contribution in [0.3, 0.4) is 0 Å². The lowest BCUT2D eigenvalue weighted by Gasteiger charge is -2.07. The molecular formula is C15H14N4O2. The van der Waals surface area contributed by atoms with Crippen molar-refractivity contribution in [3.05, 3.63) is 56.7 Å². The highest BCUT2D eigenvalue weighted by Crippen LogP contribution is 2.18. The minimum Gasteiger partial charge on any atom is -0.279 e. The second-order valence-electron chi connectivity index (χ2n) is 5.04. The summed E-state index contributed by atoms with van der Waals surface area (Å²) in [5.74, 6) is 0. The van der Waals surface area contributed by atoms with Gasteiger partial charge in [-0.25, -0.2) is 4.79 Å². The summed E-state index contributed by atoms with van der Waals surface area (Å²) < 4.78 is 2.39. The molecule has 0 atom stereocenters. The maximum Gasteiger partial charge on any atom is 0.332 e. The van der Waals surface area contributed by atoms with Crippen LogP contribution in [0.1, 0.15) is 5.56 Å². The van der Waals surface area contributed by atoms with E-state index in [2.05, 4.69) is 10.2 Å². The number of aryl methyl sites for hydroxylation is 2. The number of hydrogen-bond donors (Lipinski definition) is 0. The summed E-state index contributed by atoms with van der Waals surface area (Å²) in [6.07, 6.45) is 0. The van der Waals surface area contributed by atoms with Crippen molar-refractivity contribution in [3.63, 3.8) is 0 Å². The second-order valence-corrected chi connectivity index (χ2v) is 5.04. The van der Waals surface area contributed by atoms with E-state index in [9.17, 15) is 9.59 Å². The summed E-state index contributed by atoms with van der Waals surface area (Å²) in [5.41, 5.74) is 2.15. The zero-order valence-corrected chi connectivity index (χ0v) is 12.0. The molecule has 0 fully saturated rings. The first-order chi connectivity index (χ1) is 9.99. The molecule has 0 aliphatic heterocycles. The van der Waals surface area contributed by atoms with E-state index in [0.29, 0.717) is 16.7 Å². The summed E-state index contributed by atoms with van der Waals surface area (Å²) >= 11 is 0. The number of nitrogens with zero attached hydrogens (tertiary/aromatic N) is 4. The van der Waals surface area contributed by atoms with Crippen molar-refractivity contribution < 1.29 is 0 Å². The Bertz CT molecular complexity index is 952. The average molecular weight is 282 g/mol. The van der Waals surface area contributed by atoms with Gasteiger partial charge in [-0.05, 0) is 13.0 Å². The predicted octanol–water partition coefficient (Wildman–Crippen LogP) is 1.00. The third-order valence-electron chi connectivity index (χ3n) is 3.55. The van der Waals surface area contributed by atoms with Gasteiger partial charge in [-0.2, -0.15) is 0 Å². The fraction of sp³-hybridized carbons (Fsp3) is 0.200. The molecular weight excluding hydrogens is 268 g/mol. The first-order valence-corrected chi connectivity index (χ1v) is 6.49. The van der Waals surface area contributed by atoms with Gasteiger partial charge >= 0.3 is 5.69 Å².